The Hall–Kier alpha value is -4.78. The molecule has 12 heteroatoms. The molecule has 0 saturated carbocycles. The largest absolute Gasteiger partial charge is 0.344 e. The first-order valence-corrected chi connectivity index (χ1v) is 21.0. The standard InChI is InChI=1S/C22H23ClN4S.C22H23FN4S/c2*23-20-10-8-19(9-11-20)17-21-24-22(28-25-21)27-15-13-26(14-16-27)12-4-7-18-5-2-1-3-6-18/h2*1-11H,12-17H2/b2*7-4+. The first-order valence-electron chi connectivity index (χ1n) is 19.0. The van der Waals surface area contributed by atoms with E-state index in [9.17, 15) is 4.39 Å². The third-order valence-corrected chi connectivity index (χ3v) is 11.6. The number of hydrogen-bond donors (Lipinski definition) is 0. The van der Waals surface area contributed by atoms with E-state index in [-0.39, 0.29) is 5.82 Å². The highest BCUT2D eigenvalue weighted by atomic mass is 35.5. The van der Waals surface area contributed by atoms with E-state index in [0.717, 1.165) is 104 Å². The van der Waals surface area contributed by atoms with E-state index < -0.39 is 0 Å². The third-order valence-electron chi connectivity index (χ3n) is 9.70. The average molecular weight is 805 g/mol. The molecule has 0 spiro atoms. The van der Waals surface area contributed by atoms with Crippen molar-refractivity contribution < 1.29 is 4.39 Å². The fraction of sp³-hybridized carbons (Fsp3) is 0.273. The molecule has 0 N–H and O–H groups in total. The molecule has 2 aliphatic rings. The molecule has 0 amide bonds. The summed E-state index contributed by atoms with van der Waals surface area (Å²) in [5.41, 5.74) is 4.71. The van der Waals surface area contributed by atoms with Crippen LogP contribution < -0.4 is 9.80 Å². The molecule has 0 radical (unpaired) electrons. The quantitative estimate of drug-likeness (QED) is 0.122. The van der Waals surface area contributed by atoms with E-state index in [4.69, 9.17) is 16.6 Å². The molecular formula is C44H46ClFN8S2. The summed E-state index contributed by atoms with van der Waals surface area (Å²) in [6.45, 7) is 10.0. The maximum absolute atomic E-state index is 13.0. The second kappa shape index (κ2) is 20.4. The van der Waals surface area contributed by atoms with Gasteiger partial charge in [0.05, 0.1) is 0 Å². The predicted molar refractivity (Wildman–Crippen MR) is 232 cm³/mol. The molecule has 288 valence electrons. The highest BCUT2D eigenvalue weighted by Gasteiger charge is 2.21. The van der Waals surface area contributed by atoms with Crippen molar-refractivity contribution in [3.8, 4) is 0 Å². The molecule has 4 aromatic carbocycles. The molecule has 8 nitrogen and oxygen atoms in total. The van der Waals surface area contributed by atoms with Crippen LogP contribution >= 0.6 is 34.7 Å². The SMILES string of the molecule is Clc1ccc(Cc2nsc(N3CCN(C/C=C/c4ccccc4)CC3)n2)cc1.Fc1ccc(Cc2nsc(N3CCN(C/C=C/c4ccccc4)CC3)n2)cc1. The number of piperazine rings is 2. The van der Waals surface area contributed by atoms with Gasteiger partial charge >= 0.3 is 0 Å². The van der Waals surface area contributed by atoms with Crippen LogP contribution in [-0.2, 0) is 12.8 Å². The Balaban J connectivity index is 0.000000172. The summed E-state index contributed by atoms with van der Waals surface area (Å²) in [4.78, 5) is 19.0. The van der Waals surface area contributed by atoms with Gasteiger partial charge in [-0.1, -0.05) is 121 Å². The van der Waals surface area contributed by atoms with E-state index >= 15 is 0 Å². The van der Waals surface area contributed by atoms with Gasteiger partial charge in [-0.2, -0.15) is 8.75 Å². The fourth-order valence-electron chi connectivity index (χ4n) is 6.51. The normalized spacial score (nSPS) is 15.4. The molecule has 0 bridgehead atoms. The Kier molecular flexibility index (Phi) is 14.4. The summed E-state index contributed by atoms with van der Waals surface area (Å²) in [6.07, 6.45) is 10.2. The van der Waals surface area contributed by atoms with Gasteiger partial charge < -0.3 is 9.80 Å². The summed E-state index contributed by atoms with van der Waals surface area (Å²) >= 11 is 8.91. The van der Waals surface area contributed by atoms with Crippen molar-refractivity contribution >= 4 is 57.1 Å². The van der Waals surface area contributed by atoms with E-state index in [1.165, 1.54) is 51.9 Å². The zero-order chi connectivity index (χ0) is 38.4. The Morgan fingerprint density at radius 3 is 1.38 bits per heavy atom. The van der Waals surface area contributed by atoms with Crippen LogP contribution in [0.4, 0.5) is 14.7 Å². The second-order valence-electron chi connectivity index (χ2n) is 13.8. The van der Waals surface area contributed by atoms with Crippen molar-refractivity contribution in [3.05, 3.63) is 166 Å². The Morgan fingerprint density at radius 2 is 0.946 bits per heavy atom. The second-order valence-corrected chi connectivity index (χ2v) is 15.7. The minimum Gasteiger partial charge on any atom is -0.344 e. The number of rotatable bonds is 12. The van der Waals surface area contributed by atoms with E-state index in [1.807, 2.05) is 36.4 Å². The average Bonchev–Trinajstić information content (AvgIpc) is 3.91. The van der Waals surface area contributed by atoms with E-state index in [2.05, 4.69) is 106 Å². The number of benzene rings is 4. The highest BCUT2D eigenvalue weighted by molar-refractivity contribution is 7.10. The zero-order valence-electron chi connectivity index (χ0n) is 31.3. The molecule has 2 fully saturated rings. The van der Waals surface area contributed by atoms with Gasteiger partial charge in [-0.15, -0.1) is 0 Å². The highest BCUT2D eigenvalue weighted by Crippen LogP contribution is 2.22. The van der Waals surface area contributed by atoms with Crippen LogP contribution in [0.5, 0.6) is 0 Å². The van der Waals surface area contributed by atoms with Crippen LogP contribution in [0.1, 0.15) is 33.9 Å². The number of anilines is 2. The predicted octanol–water partition coefficient (Wildman–Crippen LogP) is 8.72. The topological polar surface area (TPSA) is 64.5 Å². The van der Waals surface area contributed by atoms with Crippen molar-refractivity contribution in [2.75, 3.05) is 75.2 Å². The number of halogens is 2. The molecule has 2 saturated heterocycles. The van der Waals surface area contributed by atoms with Crippen LogP contribution in [-0.4, -0.2) is 94.0 Å². The van der Waals surface area contributed by atoms with Crippen LogP contribution in [0.2, 0.25) is 5.02 Å². The molecule has 0 unspecified atom stereocenters. The smallest absolute Gasteiger partial charge is 0.205 e. The van der Waals surface area contributed by atoms with Gasteiger partial charge in [-0.3, -0.25) is 9.80 Å². The van der Waals surface area contributed by atoms with Gasteiger partial charge in [0, 0.05) is 106 Å². The number of nitrogens with zero attached hydrogens (tertiary/aromatic N) is 8. The summed E-state index contributed by atoms with van der Waals surface area (Å²) < 4.78 is 22.0. The summed E-state index contributed by atoms with van der Waals surface area (Å²) in [5, 5.41) is 2.77. The van der Waals surface area contributed by atoms with Gasteiger partial charge in [0.2, 0.25) is 10.3 Å². The Morgan fingerprint density at radius 1 is 0.536 bits per heavy atom. The van der Waals surface area contributed by atoms with E-state index in [1.54, 1.807) is 12.1 Å². The van der Waals surface area contributed by atoms with Crippen LogP contribution in [0.3, 0.4) is 0 Å². The number of hydrogen-bond acceptors (Lipinski definition) is 10. The molecule has 2 aliphatic heterocycles. The first-order chi connectivity index (χ1) is 27.5. The monoisotopic (exact) mass is 804 g/mol. The third kappa shape index (κ3) is 12.1. The summed E-state index contributed by atoms with van der Waals surface area (Å²) in [6, 6.07) is 35.3. The van der Waals surface area contributed by atoms with Crippen molar-refractivity contribution in [2.24, 2.45) is 0 Å². The Labute approximate surface area is 342 Å². The van der Waals surface area contributed by atoms with Gasteiger partial charge in [0.15, 0.2) is 0 Å². The van der Waals surface area contributed by atoms with Gasteiger partial charge in [0.25, 0.3) is 0 Å². The molecular weight excluding hydrogens is 759 g/mol. The van der Waals surface area contributed by atoms with Crippen molar-refractivity contribution in [1.82, 2.24) is 28.5 Å². The van der Waals surface area contributed by atoms with Gasteiger partial charge in [0.1, 0.15) is 17.5 Å². The molecule has 6 aromatic rings. The fourth-order valence-corrected chi connectivity index (χ4v) is 8.11. The lowest BCUT2D eigenvalue weighted by atomic mass is 10.1. The lowest BCUT2D eigenvalue weighted by Gasteiger charge is -2.33. The Bertz CT molecular complexity index is 1950. The van der Waals surface area contributed by atoms with Crippen molar-refractivity contribution in [1.29, 1.82) is 0 Å². The first kappa shape index (κ1) is 39.5. The lowest BCUT2D eigenvalue weighted by Crippen LogP contribution is -2.46. The molecule has 4 heterocycles. The van der Waals surface area contributed by atoms with Gasteiger partial charge in [-0.05, 0) is 46.5 Å². The minimum absolute atomic E-state index is 0.216. The lowest BCUT2D eigenvalue weighted by molar-refractivity contribution is 0.284. The molecule has 0 atom stereocenters. The summed E-state index contributed by atoms with van der Waals surface area (Å²) in [5.74, 6) is 1.47. The number of aromatic nitrogens is 4. The van der Waals surface area contributed by atoms with Gasteiger partial charge in [-0.25, -0.2) is 14.4 Å². The molecule has 8 rings (SSSR count). The van der Waals surface area contributed by atoms with Crippen LogP contribution in [0.25, 0.3) is 12.2 Å². The summed E-state index contributed by atoms with van der Waals surface area (Å²) in [7, 11) is 0. The van der Waals surface area contributed by atoms with Crippen LogP contribution in [0.15, 0.2) is 121 Å². The van der Waals surface area contributed by atoms with E-state index in [0.29, 0.717) is 6.42 Å². The zero-order valence-corrected chi connectivity index (χ0v) is 33.7. The maximum atomic E-state index is 13.0. The van der Waals surface area contributed by atoms with Crippen molar-refractivity contribution in [2.45, 2.75) is 12.8 Å². The van der Waals surface area contributed by atoms with Crippen molar-refractivity contribution in [3.63, 3.8) is 0 Å². The minimum atomic E-state index is -0.216. The molecule has 0 aliphatic carbocycles. The maximum Gasteiger partial charge on any atom is 0.205 e. The molecule has 2 aromatic heterocycles. The molecule has 56 heavy (non-hydrogen) atoms. The van der Waals surface area contributed by atoms with Crippen LogP contribution in [0, 0.1) is 5.82 Å².